The van der Waals surface area contributed by atoms with Crippen molar-refractivity contribution in [3.63, 3.8) is 0 Å². The van der Waals surface area contributed by atoms with E-state index in [1.165, 1.54) is 0 Å². The summed E-state index contributed by atoms with van der Waals surface area (Å²) in [5, 5.41) is 13.5. The number of benzene rings is 1. The fourth-order valence-corrected chi connectivity index (χ4v) is 6.41. The number of ether oxygens (including phenoxy) is 2. The van der Waals surface area contributed by atoms with E-state index in [2.05, 4.69) is 17.1 Å². The first-order valence-electron chi connectivity index (χ1n) is 14.4. The lowest BCUT2D eigenvalue weighted by Crippen LogP contribution is -2.54. The maximum absolute atomic E-state index is 14.2. The quantitative estimate of drug-likeness (QED) is 0.306. The standard InChI is InChI=1S/C30H43N3O6/c1-3-8-22-11-12-24-26(25(22)30(37)39-4-2)29(36)33(23(20-34)19-21-9-6-5-7-10-21)27(24)28(35)31-13-14-32-15-17-38-18-16-32/h5-7,9-12,22-27,34H,3-4,8,13-20H2,1-2H3,(H,31,35)/t22-,23-,24+,25-,26-,27+/m1/s1. The van der Waals surface area contributed by atoms with Crippen molar-refractivity contribution in [2.45, 2.75) is 45.2 Å². The second-order valence-corrected chi connectivity index (χ2v) is 10.7. The number of rotatable bonds is 12. The van der Waals surface area contributed by atoms with Gasteiger partial charge in [0.05, 0.1) is 44.3 Å². The molecule has 0 radical (unpaired) electrons. The van der Waals surface area contributed by atoms with Crippen LogP contribution in [0.15, 0.2) is 42.5 Å². The number of aliphatic hydroxyl groups is 1. The van der Waals surface area contributed by atoms with Gasteiger partial charge in [0.1, 0.15) is 6.04 Å². The van der Waals surface area contributed by atoms with Gasteiger partial charge in [0.25, 0.3) is 0 Å². The summed E-state index contributed by atoms with van der Waals surface area (Å²) in [7, 11) is 0. The van der Waals surface area contributed by atoms with Crippen molar-refractivity contribution in [1.29, 1.82) is 0 Å². The number of hydrogen-bond acceptors (Lipinski definition) is 7. The van der Waals surface area contributed by atoms with Crippen LogP contribution in [0, 0.1) is 23.7 Å². The van der Waals surface area contributed by atoms with Gasteiger partial charge in [-0.05, 0) is 31.2 Å². The molecular weight excluding hydrogens is 498 g/mol. The lowest BCUT2D eigenvalue weighted by atomic mass is 9.69. The Morgan fingerprint density at radius 1 is 1.15 bits per heavy atom. The highest BCUT2D eigenvalue weighted by molar-refractivity contribution is 5.96. The molecule has 1 aromatic carbocycles. The molecule has 1 aliphatic carbocycles. The van der Waals surface area contributed by atoms with E-state index in [1.807, 2.05) is 42.5 Å². The van der Waals surface area contributed by atoms with Gasteiger partial charge in [-0.2, -0.15) is 0 Å². The van der Waals surface area contributed by atoms with E-state index < -0.39 is 29.8 Å². The number of amides is 2. The molecule has 9 nitrogen and oxygen atoms in total. The maximum atomic E-state index is 14.2. The maximum Gasteiger partial charge on any atom is 0.310 e. The fraction of sp³-hybridized carbons (Fsp3) is 0.633. The van der Waals surface area contributed by atoms with Gasteiger partial charge < -0.3 is 24.8 Å². The topological polar surface area (TPSA) is 108 Å². The minimum absolute atomic E-state index is 0.133. The fourth-order valence-electron chi connectivity index (χ4n) is 6.41. The second-order valence-electron chi connectivity index (χ2n) is 10.7. The summed E-state index contributed by atoms with van der Waals surface area (Å²) >= 11 is 0. The first-order valence-corrected chi connectivity index (χ1v) is 14.4. The third kappa shape index (κ3) is 6.70. The van der Waals surface area contributed by atoms with Crippen LogP contribution in [0.4, 0.5) is 0 Å². The molecule has 0 saturated carbocycles. The Balaban J connectivity index is 1.63. The van der Waals surface area contributed by atoms with Crippen LogP contribution in [0.2, 0.25) is 0 Å². The van der Waals surface area contributed by atoms with Gasteiger partial charge in [0.2, 0.25) is 11.8 Å². The van der Waals surface area contributed by atoms with Crippen LogP contribution >= 0.6 is 0 Å². The SMILES string of the molecule is CCC[C@@H]1C=C[C@H]2[C@@H](C(=O)N([C@@H](CO)Cc3ccccc3)[C@@H]2C(=O)NCCN2CCOCC2)[C@@H]1C(=O)OCC. The number of fused-ring (bicyclic) bond motifs is 1. The molecule has 214 valence electrons. The summed E-state index contributed by atoms with van der Waals surface area (Å²) in [4.78, 5) is 45.1. The summed E-state index contributed by atoms with van der Waals surface area (Å²) in [6.07, 6.45) is 5.98. The van der Waals surface area contributed by atoms with Crippen LogP contribution in [0.25, 0.3) is 0 Å². The highest BCUT2D eigenvalue weighted by atomic mass is 16.5. The molecule has 9 heteroatoms. The average Bonchev–Trinajstić information content (AvgIpc) is 3.25. The van der Waals surface area contributed by atoms with Crippen LogP contribution in [-0.2, 0) is 30.3 Å². The zero-order valence-electron chi connectivity index (χ0n) is 23.2. The predicted molar refractivity (Wildman–Crippen MR) is 147 cm³/mol. The Kier molecular flexibility index (Phi) is 10.5. The Hall–Kier alpha value is -2.75. The number of morpholine rings is 1. The molecule has 2 fully saturated rings. The molecule has 0 spiro atoms. The summed E-state index contributed by atoms with van der Waals surface area (Å²) < 4.78 is 10.9. The van der Waals surface area contributed by atoms with Crippen molar-refractivity contribution in [3.05, 3.63) is 48.0 Å². The minimum Gasteiger partial charge on any atom is -0.466 e. The normalized spacial score (nSPS) is 27.7. The molecule has 3 aliphatic rings. The van der Waals surface area contributed by atoms with E-state index >= 15 is 0 Å². The third-order valence-corrected chi connectivity index (χ3v) is 8.25. The largest absolute Gasteiger partial charge is 0.466 e. The van der Waals surface area contributed by atoms with Crippen LogP contribution in [0.1, 0.15) is 32.3 Å². The smallest absolute Gasteiger partial charge is 0.310 e. The van der Waals surface area contributed by atoms with E-state index in [9.17, 15) is 19.5 Å². The first kappa shape index (κ1) is 29.2. The van der Waals surface area contributed by atoms with Crippen LogP contribution in [0.3, 0.4) is 0 Å². The molecule has 0 unspecified atom stereocenters. The predicted octanol–water partition coefficient (Wildman–Crippen LogP) is 1.65. The van der Waals surface area contributed by atoms with Crippen LogP contribution < -0.4 is 5.32 Å². The zero-order chi connectivity index (χ0) is 27.8. The van der Waals surface area contributed by atoms with Gasteiger partial charge in [-0.15, -0.1) is 0 Å². The molecule has 2 saturated heterocycles. The molecule has 4 rings (SSSR count). The Morgan fingerprint density at radius 2 is 1.90 bits per heavy atom. The summed E-state index contributed by atoms with van der Waals surface area (Å²) in [6.45, 7) is 7.89. The molecule has 2 amide bonds. The zero-order valence-corrected chi connectivity index (χ0v) is 23.2. The van der Waals surface area contributed by atoms with Crippen molar-refractivity contribution in [3.8, 4) is 0 Å². The van der Waals surface area contributed by atoms with Gasteiger partial charge in [0.15, 0.2) is 0 Å². The van der Waals surface area contributed by atoms with E-state index in [1.54, 1.807) is 11.8 Å². The number of likely N-dealkylation sites (tertiary alicyclic amines) is 1. The molecule has 39 heavy (non-hydrogen) atoms. The number of aliphatic hydroxyl groups excluding tert-OH is 1. The summed E-state index contributed by atoms with van der Waals surface area (Å²) in [5.41, 5.74) is 0.965. The number of nitrogens with zero attached hydrogens (tertiary/aromatic N) is 2. The number of carbonyl (C=O) groups excluding carboxylic acids is 3. The Labute approximate surface area is 231 Å². The Bertz CT molecular complexity index is 996. The molecule has 6 atom stereocenters. The van der Waals surface area contributed by atoms with Gasteiger partial charge >= 0.3 is 5.97 Å². The molecular formula is C30H43N3O6. The molecule has 2 aliphatic heterocycles. The van der Waals surface area contributed by atoms with E-state index in [0.717, 1.165) is 31.5 Å². The third-order valence-electron chi connectivity index (χ3n) is 8.25. The van der Waals surface area contributed by atoms with Crippen molar-refractivity contribution in [2.24, 2.45) is 23.7 Å². The lowest BCUT2D eigenvalue weighted by molar-refractivity contribution is -0.156. The van der Waals surface area contributed by atoms with Crippen molar-refractivity contribution < 1.29 is 29.0 Å². The number of esters is 1. The summed E-state index contributed by atoms with van der Waals surface area (Å²) in [6, 6.07) is 8.24. The second kappa shape index (κ2) is 14.1. The van der Waals surface area contributed by atoms with E-state index in [4.69, 9.17) is 9.47 Å². The highest BCUT2D eigenvalue weighted by Crippen LogP contribution is 2.46. The lowest BCUT2D eigenvalue weighted by Gasteiger charge is -2.34. The van der Waals surface area contributed by atoms with Gasteiger partial charge in [-0.1, -0.05) is 55.8 Å². The van der Waals surface area contributed by atoms with Crippen molar-refractivity contribution in [1.82, 2.24) is 15.1 Å². The first-order chi connectivity index (χ1) is 19.0. The summed E-state index contributed by atoms with van der Waals surface area (Å²) in [5.74, 6) is -2.87. The van der Waals surface area contributed by atoms with Crippen LogP contribution in [0.5, 0.6) is 0 Å². The highest BCUT2D eigenvalue weighted by Gasteiger charge is 2.58. The number of allylic oxidation sites excluding steroid dienone is 1. The minimum atomic E-state index is -0.816. The molecule has 2 N–H and O–H groups in total. The number of hydrogen-bond donors (Lipinski definition) is 2. The van der Waals surface area contributed by atoms with Gasteiger partial charge in [0, 0.05) is 32.1 Å². The Morgan fingerprint density at radius 3 is 2.56 bits per heavy atom. The molecule has 0 aromatic heterocycles. The average molecular weight is 542 g/mol. The van der Waals surface area contributed by atoms with Crippen molar-refractivity contribution in [2.75, 3.05) is 52.6 Å². The molecule has 1 aromatic rings. The van der Waals surface area contributed by atoms with Gasteiger partial charge in [-0.3, -0.25) is 19.3 Å². The monoisotopic (exact) mass is 541 g/mol. The van der Waals surface area contributed by atoms with Gasteiger partial charge in [-0.25, -0.2) is 0 Å². The van der Waals surface area contributed by atoms with Crippen molar-refractivity contribution >= 4 is 17.8 Å². The number of nitrogens with one attached hydrogen (secondary N) is 1. The van der Waals surface area contributed by atoms with E-state index in [0.29, 0.717) is 32.7 Å². The molecule has 0 bridgehead atoms. The van der Waals surface area contributed by atoms with Crippen LogP contribution in [-0.4, -0.2) is 97.4 Å². The molecule has 2 heterocycles. The van der Waals surface area contributed by atoms with E-state index in [-0.39, 0.29) is 36.9 Å². The number of carbonyl (C=O) groups is 3.